The molecule has 2 N–H and O–H groups in total. The van der Waals surface area contributed by atoms with Crippen molar-refractivity contribution in [2.75, 3.05) is 7.11 Å². The zero-order valence-electron chi connectivity index (χ0n) is 15.2. The molecule has 1 amide bonds. The molecule has 0 aliphatic carbocycles. The van der Waals surface area contributed by atoms with Gasteiger partial charge < -0.3 is 15.0 Å². The number of carbonyl (C=O) groups excluding carboxylic acids is 2. The Morgan fingerprint density at radius 2 is 1.85 bits per heavy atom. The molecule has 1 atom stereocenters. The van der Waals surface area contributed by atoms with Crippen LogP contribution in [0.2, 0.25) is 0 Å². The second-order valence-electron chi connectivity index (χ2n) is 6.68. The lowest BCUT2D eigenvalue weighted by molar-refractivity contribution is -0.142. The van der Waals surface area contributed by atoms with E-state index >= 15 is 0 Å². The van der Waals surface area contributed by atoms with Gasteiger partial charge in [0, 0.05) is 17.1 Å². The molecule has 27 heavy (non-hydrogen) atoms. The SMILES string of the molecule is COC(=O)C[C@@](C)(NC(=O)Cc1c[nH]c2ccccc12)c1ccc(F)cc1. The van der Waals surface area contributed by atoms with Crippen molar-refractivity contribution in [3.63, 3.8) is 0 Å². The molecule has 0 saturated carbocycles. The monoisotopic (exact) mass is 368 g/mol. The van der Waals surface area contributed by atoms with Gasteiger partial charge >= 0.3 is 5.97 Å². The summed E-state index contributed by atoms with van der Waals surface area (Å²) < 4.78 is 18.1. The predicted octanol–water partition coefficient (Wildman–Crippen LogP) is 3.44. The van der Waals surface area contributed by atoms with Crippen molar-refractivity contribution in [2.45, 2.75) is 25.3 Å². The van der Waals surface area contributed by atoms with E-state index in [1.165, 1.54) is 19.2 Å². The molecule has 0 unspecified atom stereocenters. The first-order valence-corrected chi connectivity index (χ1v) is 8.60. The lowest BCUT2D eigenvalue weighted by atomic mass is 9.88. The number of rotatable bonds is 6. The minimum absolute atomic E-state index is 0.0608. The van der Waals surface area contributed by atoms with E-state index in [1.807, 2.05) is 24.3 Å². The Labute approximate surface area is 156 Å². The van der Waals surface area contributed by atoms with Crippen LogP contribution in [0, 0.1) is 5.82 Å². The molecule has 1 aromatic heterocycles. The van der Waals surface area contributed by atoms with Gasteiger partial charge in [-0.2, -0.15) is 0 Å². The maximum Gasteiger partial charge on any atom is 0.308 e. The minimum atomic E-state index is -1.01. The van der Waals surface area contributed by atoms with Crippen LogP contribution in [-0.2, 0) is 26.3 Å². The normalized spacial score (nSPS) is 13.1. The highest BCUT2D eigenvalue weighted by Crippen LogP contribution is 2.26. The van der Waals surface area contributed by atoms with Gasteiger partial charge in [0.2, 0.25) is 5.91 Å². The number of esters is 1. The van der Waals surface area contributed by atoms with E-state index in [-0.39, 0.29) is 24.6 Å². The fraction of sp³-hybridized carbons (Fsp3) is 0.238. The smallest absolute Gasteiger partial charge is 0.308 e. The Bertz CT molecular complexity index is 965. The average molecular weight is 368 g/mol. The van der Waals surface area contributed by atoms with Crippen molar-refractivity contribution in [3.05, 3.63) is 71.7 Å². The number of benzene rings is 2. The molecule has 5 nitrogen and oxygen atoms in total. The van der Waals surface area contributed by atoms with Gasteiger partial charge in [0.1, 0.15) is 5.82 Å². The Morgan fingerprint density at radius 1 is 1.15 bits per heavy atom. The number of carbonyl (C=O) groups is 2. The van der Waals surface area contributed by atoms with E-state index in [1.54, 1.807) is 25.3 Å². The number of ether oxygens (including phenoxy) is 1. The van der Waals surface area contributed by atoms with Crippen molar-refractivity contribution in [1.82, 2.24) is 10.3 Å². The van der Waals surface area contributed by atoms with Crippen LogP contribution in [0.3, 0.4) is 0 Å². The molecular formula is C21H21FN2O3. The van der Waals surface area contributed by atoms with Gasteiger partial charge in [-0.05, 0) is 36.2 Å². The van der Waals surface area contributed by atoms with E-state index in [0.29, 0.717) is 5.56 Å². The molecule has 0 aliphatic heterocycles. The Kier molecular flexibility index (Phi) is 5.26. The summed E-state index contributed by atoms with van der Waals surface area (Å²) in [6.45, 7) is 1.73. The number of amides is 1. The number of aromatic nitrogens is 1. The summed E-state index contributed by atoms with van der Waals surface area (Å²) in [7, 11) is 1.29. The summed E-state index contributed by atoms with van der Waals surface area (Å²) in [6.07, 6.45) is 1.90. The summed E-state index contributed by atoms with van der Waals surface area (Å²) in [5, 5.41) is 3.90. The van der Waals surface area contributed by atoms with E-state index in [9.17, 15) is 14.0 Å². The number of hydrogen-bond donors (Lipinski definition) is 2. The molecule has 2 aromatic carbocycles. The molecule has 0 aliphatic rings. The predicted molar refractivity (Wildman–Crippen MR) is 101 cm³/mol. The Balaban J connectivity index is 1.83. The van der Waals surface area contributed by atoms with E-state index < -0.39 is 11.5 Å². The zero-order valence-corrected chi connectivity index (χ0v) is 15.2. The lowest BCUT2D eigenvalue weighted by Crippen LogP contribution is -2.45. The lowest BCUT2D eigenvalue weighted by Gasteiger charge is -2.30. The number of para-hydroxylation sites is 1. The van der Waals surface area contributed by atoms with Crippen molar-refractivity contribution in [1.29, 1.82) is 0 Å². The topological polar surface area (TPSA) is 71.2 Å². The van der Waals surface area contributed by atoms with Crippen molar-refractivity contribution < 1.29 is 18.7 Å². The van der Waals surface area contributed by atoms with Crippen LogP contribution in [-0.4, -0.2) is 24.0 Å². The molecule has 3 aromatic rings. The van der Waals surface area contributed by atoms with Crippen molar-refractivity contribution >= 4 is 22.8 Å². The third-order valence-electron chi connectivity index (χ3n) is 4.65. The van der Waals surface area contributed by atoms with E-state index in [0.717, 1.165) is 16.5 Å². The molecule has 6 heteroatoms. The third kappa shape index (κ3) is 4.16. The van der Waals surface area contributed by atoms with Crippen LogP contribution in [0.25, 0.3) is 10.9 Å². The van der Waals surface area contributed by atoms with Gasteiger partial charge in [-0.25, -0.2) is 4.39 Å². The summed E-state index contributed by atoms with van der Waals surface area (Å²) in [4.78, 5) is 27.8. The summed E-state index contributed by atoms with van der Waals surface area (Å²) in [5.74, 6) is -1.09. The van der Waals surface area contributed by atoms with Gasteiger partial charge in [-0.1, -0.05) is 30.3 Å². The van der Waals surface area contributed by atoms with Gasteiger partial charge in [0.05, 0.1) is 25.5 Å². The van der Waals surface area contributed by atoms with Crippen LogP contribution >= 0.6 is 0 Å². The Hall–Kier alpha value is -3.15. The number of H-pyrrole nitrogens is 1. The fourth-order valence-corrected chi connectivity index (χ4v) is 3.20. The number of aromatic amines is 1. The van der Waals surface area contributed by atoms with E-state index in [2.05, 4.69) is 10.3 Å². The number of hydrogen-bond acceptors (Lipinski definition) is 3. The first-order valence-electron chi connectivity index (χ1n) is 8.60. The van der Waals surface area contributed by atoms with Crippen molar-refractivity contribution in [2.24, 2.45) is 0 Å². The quantitative estimate of drug-likeness (QED) is 0.655. The number of fused-ring (bicyclic) bond motifs is 1. The highest BCUT2D eigenvalue weighted by molar-refractivity contribution is 5.89. The molecular weight excluding hydrogens is 347 g/mol. The zero-order chi connectivity index (χ0) is 19.4. The fourth-order valence-electron chi connectivity index (χ4n) is 3.20. The number of methoxy groups -OCH3 is 1. The molecule has 0 saturated heterocycles. The summed E-state index contributed by atoms with van der Waals surface area (Å²) in [6, 6.07) is 13.4. The van der Waals surface area contributed by atoms with Gasteiger partial charge in [0.25, 0.3) is 0 Å². The maximum atomic E-state index is 13.3. The van der Waals surface area contributed by atoms with Crippen LogP contribution < -0.4 is 5.32 Å². The number of nitrogens with one attached hydrogen (secondary N) is 2. The molecule has 140 valence electrons. The highest BCUT2D eigenvalue weighted by Gasteiger charge is 2.32. The molecule has 0 radical (unpaired) electrons. The first-order chi connectivity index (χ1) is 12.9. The van der Waals surface area contributed by atoms with Crippen LogP contribution in [0.15, 0.2) is 54.7 Å². The average Bonchev–Trinajstić information content (AvgIpc) is 3.04. The van der Waals surface area contributed by atoms with Gasteiger partial charge in [-0.15, -0.1) is 0 Å². The van der Waals surface area contributed by atoms with Crippen molar-refractivity contribution in [3.8, 4) is 0 Å². The van der Waals surface area contributed by atoms with E-state index in [4.69, 9.17) is 4.74 Å². The van der Waals surface area contributed by atoms with Gasteiger partial charge in [-0.3, -0.25) is 9.59 Å². The largest absolute Gasteiger partial charge is 0.469 e. The van der Waals surface area contributed by atoms with Crippen LogP contribution in [0.1, 0.15) is 24.5 Å². The molecule has 0 bridgehead atoms. The Morgan fingerprint density at radius 3 is 2.56 bits per heavy atom. The maximum absolute atomic E-state index is 13.3. The molecule has 3 rings (SSSR count). The highest BCUT2D eigenvalue weighted by atomic mass is 19.1. The third-order valence-corrected chi connectivity index (χ3v) is 4.65. The molecule has 0 fully saturated rings. The first kappa shape index (κ1) is 18.6. The van der Waals surface area contributed by atoms with Crippen LogP contribution in [0.5, 0.6) is 0 Å². The molecule has 1 heterocycles. The van der Waals surface area contributed by atoms with Crippen LogP contribution in [0.4, 0.5) is 4.39 Å². The minimum Gasteiger partial charge on any atom is -0.469 e. The van der Waals surface area contributed by atoms with Gasteiger partial charge in [0.15, 0.2) is 0 Å². The summed E-state index contributed by atoms with van der Waals surface area (Å²) >= 11 is 0. The second kappa shape index (κ2) is 7.61. The summed E-state index contributed by atoms with van der Waals surface area (Å²) in [5.41, 5.74) is 1.43. The second-order valence-corrected chi connectivity index (χ2v) is 6.68. The molecule has 0 spiro atoms. The number of halogens is 1. The standard InChI is InChI=1S/C21H21FN2O3/c1-21(12-20(26)27-2,15-7-9-16(22)10-8-15)24-19(25)11-14-13-23-18-6-4-3-5-17(14)18/h3-10,13,23H,11-12H2,1-2H3,(H,24,25)/t21-/m1/s1.